The molecule has 0 N–H and O–H groups in total. The van der Waals surface area contributed by atoms with E-state index in [4.69, 9.17) is 11.6 Å². The van der Waals surface area contributed by atoms with Crippen LogP contribution >= 0.6 is 11.6 Å². The molecule has 0 amide bonds. The third-order valence-electron chi connectivity index (χ3n) is 1.66. The first-order chi connectivity index (χ1) is 5.65. The quantitative estimate of drug-likeness (QED) is 0.657. The second kappa shape index (κ2) is 3.72. The molecular weight excluding hydrogens is 175 g/mol. The fourth-order valence-electron chi connectivity index (χ4n) is 0.910. The van der Waals surface area contributed by atoms with Crippen molar-refractivity contribution in [2.75, 3.05) is 0 Å². The van der Waals surface area contributed by atoms with Crippen molar-refractivity contribution in [3.8, 4) is 0 Å². The Balaban J connectivity index is 3.12. The maximum absolute atomic E-state index is 12.7. The van der Waals surface area contributed by atoms with Gasteiger partial charge >= 0.3 is 0 Å². The lowest BCUT2D eigenvalue weighted by atomic mass is 10.0. The molecule has 0 aliphatic heterocycles. The fraction of sp³-hybridized carbons (Fsp3) is 0.100. The van der Waals surface area contributed by atoms with Gasteiger partial charge in [-0.1, -0.05) is 24.6 Å². The summed E-state index contributed by atoms with van der Waals surface area (Å²) in [6, 6.07) is 4.28. The second-order valence-electron chi connectivity index (χ2n) is 2.51. The van der Waals surface area contributed by atoms with Crippen molar-refractivity contribution in [3.05, 3.63) is 53.2 Å². The monoisotopic (exact) mass is 183 g/mol. The first-order valence-electron chi connectivity index (χ1n) is 3.56. The van der Waals surface area contributed by atoms with Gasteiger partial charge in [-0.15, -0.1) is 6.58 Å². The minimum Gasteiger partial charge on any atom is -0.207 e. The third kappa shape index (κ3) is 1.86. The first kappa shape index (κ1) is 9.27. The van der Waals surface area contributed by atoms with Gasteiger partial charge in [0.25, 0.3) is 0 Å². The molecule has 0 spiro atoms. The molecule has 0 atom stereocenters. The number of rotatable bonds is 2. The molecule has 0 bridgehead atoms. The lowest BCUT2D eigenvalue weighted by molar-refractivity contribution is 0.626. The molecule has 12 heavy (non-hydrogen) atoms. The highest BCUT2D eigenvalue weighted by molar-refractivity contribution is 6.31. The average molecular weight is 184 g/mol. The van der Waals surface area contributed by atoms with Crippen molar-refractivity contribution in [3.63, 3.8) is 0 Å². The van der Waals surface area contributed by atoms with Gasteiger partial charge in [0.1, 0.15) is 5.82 Å². The molecule has 0 aromatic heterocycles. The van der Waals surface area contributed by atoms with Crippen molar-refractivity contribution in [1.29, 1.82) is 0 Å². The van der Waals surface area contributed by atoms with E-state index in [9.17, 15) is 4.39 Å². The lowest BCUT2D eigenvalue weighted by Crippen LogP contribution is -1.91. The van der Waals surface area contributed by atoms with Crippen molar-refractivity contribution in [2.45, 2.75) is 6.92 Å². The molecule has 1 aromatic carbocycles. The summed E-state index contributed by atoms with van der Waals surface area (Å²) in [5, 5.41) is 0.550. The molecule has 0 saturated carbocycles. The maximum Gasteiger partial charge on any atom is 0.123 e. The summed E-state index contributed by atoms with van der Waals surface area (Å²) in [5.74, 6) is 0.593. The zero-order valence-electron chi connectivity index (χ0n) is 6.77. The van der Waals surface area contributed by atoms with E-state index in [1.807, 2.05) is 6.92 Å². The van der Waals surface area contributed by atoms with Crippen LogP contribution in [0.3, 0.4) is 0 Å². The standard InChI is InChI=1S/C10H9ClF/c1-3-7(2)9-6-8(12)4-5-10(9)11/h3-6H,1H2,2H3. The SMILES string of the molecule is C=C[C](C)c1cc(F)ccc1Cl. The Labute approximate surface area is 76.7 Å². The van der Waals surface area contributed by atoms with Gasteiger partial charge in [-0.3, -0.25) is 0 Å². The highest BCUT2D eigenvalue weighted by Gasteiger charge is 2.07. The van der Waals surface area contributed by atoms with Gasteiger partial charge in [-0.2, -0.15) is 0 Å². The predicted octanol–water partition coefficient (Wildman–Crippen LogP) is 3.61. The van der Waals surface area contributed by atoms with E-state index in [0.29, 0.717) is 10.6 Å². The molecule has 0 aliphatic rings. The van der Waals surface area contributed by atoms with E-state index >= 15 is 0 Å². The maximum atomic E-state index is 12.7. The van der Waals surface area contributed by atoms with Gasteiger partial charge in [0.05, 0.1) is 0 Å². The largest absolute Gasteiger partial charge is 0.207 e. The summed E-state index contributed by atoms with van der Waals surface area (Å²) in [6.07, 6.45) is 1.65. The van der Waals surface area contributed by atoms with Gasteiger partial charge in [0.15, 0.2) is 0 Å². The van der Waals surface area contributed by atoms with E-state index in [-0.39, 0.29) is 5.82 Å². The predicted molar refractivity (Wildman–Crippen MR) is 49.6 cm³/mol. The number of allylic oxidation sites excluding steroid dienone is 1. The number of benzene rings is 1. The van der Waals surface area contributed by atoms with Crippen LogP contribution < -0.4 is 0 Å². The van der Waals surface area contributed by atoms with Gasteiger partial charge in [-0.25, -0.2) is 4.39 Å². The van der Waals surface area contributed by atoms with Crippen LogP contribution in [0.15, 0.2) is 30.9 Å². The van der Waals surface area contributed by atoms with Crippen molar-refractivity contribution >= 4 is 11.6 Å². The normalized spacial score (nSPS) is 10.3. The number of hydrogen-bond acceptors (Lipinski definition) is 0. The highest BCUT2D eigenvalue weighted by Crippen LogP contribution is 2.24. The third-order valence-corrected chi connectivity index (χ3v) is 1.99. The van der Waals surface area contributed by atoms with Gasteiger partial charge in [0.2, 0.25) is 0 Å². The van der Waals surface area contributed by atoms with Crippen molar-refractivity contribution in [1.82, 2.24) is 0 Å². The van der Waals surface area contributed by atoms with Gasteiger partial charge < -0.3 is 0 Å². The lowest BCUT2D eigenvalue weighted by Gasteiger charge is -2.07. The Morgan fingerprint density at radius 3 is 2.83 bits per heavy atom. The van der Waals surface area contributed by atoms with E-state index in [1.165, 1.54) is 12.1 Å². The van der Waals surface area contributed by atoms with E-state index < -0.39 is 0 Å². The smallest absolute Gasteiger partial charge is 0.123 e. The summed E-state index contributed by atoms with van der Waals surface area (Å²) in [6.45, 7) is 5.43. The molecular formula is C10H9ClF. The average Bonchev–Trinajstić information content (AvgIpc) is 2.08. The van der Waals surface area contributed by atoms with Crippen LogP contribution in [-0.4, -0.2) is 0 Å². The van der Waals surface area contributed by atoms with E-state index in [2.05, 4.69) is 6.58 Å². The van der Waals surface area contributed by atoms with E-state index in [1.54, 1.807) is 12.1 Å². The second-order valence-corrected chi connectivity index (χ2v) is 2.92. The van der Waals surface area contributed by atoms with Crippen LogP contribution in [0.2, 0.25) is 5.02 Å². The Morgan fingerprint density at radius 2 is 2.25 bits per heavy atom. The van der Waals surface area contributed by atoms with Crippen molar-refractivity contribution in [2.24, 2.45) is 0 Å². The summed E-state index contributed by atoms with van der Waals surface area (Å²) in [5.41, 5.74) is 0.701. The zero-order chi connectivity index (χ0) is 9.14. The van der Waals surface area contributed by atoms with Crippen LogP contribution in [0, 0.1) is 11.7 Å². The van der Waals surface area contributed by atoms with Crippen molar-refractivity contribution < 1.29 is 4.39 Å². The Hall–Kier alpha value is -0.820. The minimum atomic E-state index is -0.282. The molecule has 0 saturated heterocycles. The fourth-order valence-corrected chi connectivity index (χ4v) is 1.18. The Kier molecular flexibility index (Phi) is 2.88. The molecule has 63 valence electrons. The zero-order valence-corrected chi connectivity index (χ0v) is 7.53. The van der Waals surface area contributed by atoms with Crippen LogP contribution in [0.25, 0.3) is 0 Å². The molecule has 0 unspecified atom stereocenters. The van der Waals surface area contributed by atoms with Crippen LogP contribution in [-0.2, 0) is 0 Å². The first-order valence-corrected chi connectivity index (χ1v) is 3.94. The minimum absolute atomic E-state index is 0.282. The Bertz CT molecular complexity index is 294. The molecule has 0 aliphatic carbocycles. The highest BCUT2D eigenvalue weighted by atomic mass is 35.5. The van der Waals surface area contributed by atoms with Crippen LogP contribution in [0.4, 0.5) is 4.39 Å². The summed E-state index contributed by atoms with van der Waals surface area (Å²) < 4.78 is 12.7. The topological polar surface area (TPSA) is 0 Å². The molecule has 0 heterocycles. The van der Waals surface area contributed by atoms with Gasteiger partial charge in [0, 0.05) is 10.9 Å². The van der Waals surface area contributed by atoms with Crippen LogP contribution in [0.1, 0.15) is 12.5 Å². The Morgan fingerprint density at radius 1 is 1.58 bits per heavy atom. The van der Waals surface area contributed by atoms with Gasteiger partial charge in [-0.05, 0) is 23.8 Å². The summed E-state index contributed by atoms with van der Waals surface area (Å²) in [7, 11) is 0. The number of hydrogen-bond donors (Lipinski definition) is 0. The number of halogens is 2. The van der Waals surface area contributed by atoms with E-state index in [0.717, 1.165) is 5.92 Å². The molecule has 1 aromatic rings. The summed E-state index contributed by atoms with van der Waals surface area (Å²) in [4.78, 5) is 0. The molecule has 0 fully saturated rings. The molecule has 1 radical (unpaired) electrons. The van der Waals surface area contributed by atoms with Crippen LogP contribution in [0.5, 0.6) is 0 Å². The molecule has 0 nitrogen and oxygen atoms in total. The molecule has 1 rings (SSSR count). The summed E-state index contributed by atoms with van der Waals surface area (Å²) >= 11 is 5.83. The molecule has 2 heteroatoms.